The van der Waals surface area contributed by atoms with Crippen molar-refractivity contribution in [3.05, 3.63) is 0 Å². The third-order valence-electron chi connectivity index (χ3n) is 3.96. The first kappa shape index (κ1) is 17.9. The molecule has 0 aromatic heterocycles. The van der Waals surface area contributed by atoms with Crippen LogP contribution in [0.1, 0.15) is 53.9 Å². The summed E-state index contributed by atoms with van der Waals surface area (Å²) in [6.07, 6.45) is 3.40. The van der Waals surface area contributed by atoms with E-state index in [1.54, 1.807) is 0 Å². The second-order valence-corrected chi connectivity index (χ2v) is 6.08. The van der Waals surface area contributed by atoms with Crippen LogP contribution >= 0.6 is 0 Å². The van der Waals surface area contributed by atoms with E-state index in [9.17, 15) is 5.11 Å². The van der Waals surface area contributed by atoms with E-state index in [0.29, 0.717) is 12.0 Å². The molecule has 0 aliphatic carbocycles. The van der Waals surface area contributed by atoms with Gasteiger partial charge in [0.2, 0.25) is 0 Å². The maximum absolute atomic E-state index is 9.45. The summed E-state index contributed by atoms with van der Waals surface area (Å²) in [5, 5.41) is 12.7. The second kappa shape index (κ2) is 8.89. The van der Waals surface area contributed by atoms with Gasteiger partial charge >= 0.3 is 0 Å². The summed E-state index contributed by atoms with van der Waals surface area (Å²) in [6.45, 7) is 13.6. The lowest BCUT2D eigenvalue weighted by atomic mass is 9.97. The maximum Gasteiger partial charge on any atom is 0.0610 e. The molecule has 0 rings (SSSR count). The van der Waals surface area contributed by atoms with E-state index in [-0.39, 0.29) is 12.1 Å². The summed E-state index contributed by atoms with van der Waals surface area (Å²) in [7, 11) is 1.93. The summed E-state index contributed by atoms with van der Waals surface area (Å²) in [5.74, 6) is 0.695. The lowest BCUT2D eigenvalue weighted by molar-refractivity contribution is 0.120. The van der Waals surface area contributed by atoms with Gasteiger partial charge in [0.1, 0.15) is 0 Å². The number of nitrogens with zero attached hydrogens (tertiary/aromatic N) is 1. The lowest BCUT2D eigenvalue weighted by Crippen LogP contribution is -2.48. The second-order valence-electron chi connectivity index (χ2n) is 6.08. The molecule has 0 amide bonds. The number of hydrogen-bond acceptors (Lipinski definition) is 3. The molecule has 1 unspecified atom stereocenters. The van der Waals surface area contributed by atoms with Crippen LogP contribution in [0.5, 0.6) is 0 Å². The van der Waals surface area contributed by atoms with E-state index < -0.39 is 0 Å². The van der Waals surface area contributed by atoms with Gasteiger partial charge in [0.05, 0.1) is 6.61 Å². The molecule has 0 spiro atoms. The molecule has 0 fully saturated rings. The number of rotatable bonds is 10. The molecular formula is C15H34N2O. The Morgan fingerprint density at radius 3 is 2.11 bits per heavy atom. The average molecular weight is 258 g/mol. The summed E-state index contributed by atoms with van der Waals surface area (Å²) >= 11 is 0. The number of aliphatic hydroxyl groups excluding tert-OH is 1. The zero-order valence-electron chi connectivity index (χ0n) is 13.3. The van der Waals surface area contributed by atoms with Crippen LogP contribution in [-0.2, 0) is 0 Å². The molecule has 110 valence electrons. The molecule has 1 atom stereocenters. The summed E-state index contributed by atoms with van der Waals surface area (Å²) < 4.78 is 0. The topological polar surface area (TPSA) is 35.5 Å². The first-order chi connectivity index (χ1) is 8.42. The zero-order chi connectivity index (χ0) is 14.2. The Balaban J connectivity index is 4.49. The van der Waals surface area contributed by atoms with Crippen molar-refractivity contribution in [3.8, 4) is 0 Å². The van der Waals surface area contributed by atoms with E-state index in [1.165, 1.54) is 12.8 Å². The first-order valence-electron chi connectivity index (χ1n) is 7.46. The number of aliphatic hydroxyl groups is 1. The third-order valence-corrected chi connectivity index (χ3v) is 3.96. The van der Waals surface area contributed by atoms with Crippen LogP contribution in [0.2, 0.25) is 0 Å². The normalized spacial score (nSPS) is 15.7. The van der Waals surface area contributed by atoms with Crippen molar-refractivity contribution in [1.82, 2.24) is 10.2 Å². The van der Waals surface area contributed by atoms with Crippen molar-refractivity contribution in [2.24, 2.45) is 5.92 Å². The molecule has 2 N–H and O–H groups in total. The molecule has 0 saturated carbocycles. The van der Waals surface area contributed by atoms with Crippen LogP contribution < -0.4 is 5.32 Å². The number of nitrogens with one attached hydrogen (secondary N) is 1. The standard InChI is InChI=1S/C15H34N2O/c1-7-14(8-2)17(11-13(3)4)10-9-15(5,12-18)16-6/h13-14,16,18H,7-12H2,1-6H3. The fraction of sp³-hybridized carbons (Fsp3) is 1.00. The Morgan fingerprint density at radius 1 is 1.22 bits per heavy atom. The highest BCUT2D eigenvalue weighted by Gasteiger charge is 2.24. The Kier molecular flexibility index (Phi) is 8.83. The minimum absolute atomic E-state index is 0.152. The van der Waals surface area contributed by atoms with Crippen molar-refractivity contribution in [2.75, 3.05) is 26.7 Å². The molecule has 0 aliphatic rings. The van der Waals surface area contributed by atoms with Gasteiger partial charge in [0.25, 0.3) is 0 Å². The number of hydrogen-bond donors (Lipinski definition) is 2. The van der Waals surface area contributed by atoms with Gasteiger partial charge in [-0.3, -0.25) is 0 Å². The van der Waals surface area contributed by atoms with Crippen LogP contribution in [0.25, 0.3) is 0 Å². The van der Waals surface area contributed by atoms with Crippen LogP contribution in [0.15, 0.2) is 0 Å². The average Bonchev–Trinajstić information content (AvgIpc) is 2.36. The summed E-state index contributed by atoms with van der Waals surface area (Å²) in [4.78, 5) is 2.59. The highest BCUT2D eigenvalue weighted by molar-refractivity contribution is 4.83. The van der Waals surface area contributed by atoms with Crippen molar-refractivity contribution < 1.29 is 5.11 Å². The van der Waals surface area contributed by atoms with Gasteiger partial charge in [0, 0.05) is 24.7 Å². The monoisotopic (exact) mass is 258 g/mol. The quantitative estimate of drug-likeness (QED) is 0.632. The van der Waals surface area contributed by atoms with E-state index in [1.807, 2.05) is 7.05 Å². The molecule has 0 aromatic carbocycles. The predicted octanol–water partition coefficient (Wildman–Crippen LogP) is 2.49. The minimum atomic E-state index is -0.152. The fourth-order valence-corrected chi connectivity index (χ4v) is 2.37. The molecule has 3 nitrogen and oxygen atoms in total. The highest BCUT2D eigenvalue weighted by Crippen LogP contribution is 2.16. The molecule has 0 bridgehead atoms. The van der Waals surface area contributed by atoms with Gasteiger partial charge in [-0.2, -0.15) is 0 Å². The van der Waals surface area contributed by atoms with Crippen molar-refractivity contribution >= 4 is 0 Å². The van der Waals surface area contributed by atoms with E-state index in [2.05, 4.69) is 44.8 Å². The van der Waals surface area contributed by atoms with Crippen molar-refractivity contribution in [2.45, 2.75) is 65.5 Å². The van der Waals surface area contributed by atoms with Gasteiger partial charge in [-0.05, 0) is 39.2 Å². The molecule has 3 heteroatoms. The predicted molar refractivity (Wildman–Crippen MR) is 79.9 cm³/mol. The van der Waals surface area contributed by atoms with Gasteiger partial charge in [-0.1, -0.05) is 27.7 Å². The van der Waals surface area contributed by atoms with E-state index in [4.69, 9.17) is 0 Å². The fourth-order valence-electron chi connectivity index (χ4n) is 2.37. The number of likely N-dealkylation sites (N-methyl/N-ethyl adjacent to an activating group) is 1. The van der Waals surface area contributed by atoms with E-state index in [0.717, 1.165) is 19.5 Å². The van der Waals surface area contributed by atoms with Crippen LogP contribution in [0, 0.1) is 5.92 Å². The summed E-state index contributed by atoms with van der Waals surface area (Å²) in [6, 6.07) is 0.673. The van der Waals surface area contributed by atoms with Gasteiger partial charge in [-0.15, -0.1) is 0 Å². The van der Waals surface area contributed by atoms with Crippen LogP contribution in [0.3, 0.4) is 0 Å². The Hall–Kier alpha value is -0.120. The Labute approximate surface area is 114 Å². The molecule has 0 heterocycles. The van der Waals surface area contributed by atoms with Gasteiger partial charge < -0.3 is 15.3 Å². The SMILES string of the molecule is CCC(CC)N(CCC(C)(CO)NC)CC(C)C. The smallest absolute Gasteiger partial charge is 0.0610 e. The van der Waals surface area contributed by atoms with Gasteiger partial charge in [0.15, 0.2) is 0 Å². The summed E-state index contributed by atoms with van der Waals surface area (Å²) in [5.41, 5.74) is -0.152. The molecule has 0 aliphatic heterocycles. The molecular weight excluding hydrogens is 224 g/mol. The Morgan fingerprint density at radius 2 is 1.78 bits per heavy atom. The van der Waals surface area contributed by atoms with E-state index >= 15 is 0 Å². The largest absolute Gasteiger partial charge is 0.394 e. The third kappa shape index (κ3) is 6.17. The van der Waals surface area contributed by atoms with Crippen molar-refractivity contribution in [1.29, 1.82) is 0 Å². The highest BCUT2D eigenvalue weighted by atomic mass is 16.3. The molecule has 0 saturated heterocycles. The Bertz CT molecular complexity index is 199. The molecule has 0 radical (unpaired) electrons. The minimum Gasteiger partial charge on any atom is -0.394 e. The molecule has 0 aromatic rings. The van der Waals surface area contributed by atoms with Crippen LogP contribution in [-0.4, -0.2) is 48.3 Å². The molecule has 18 heavy (non-hydrogen) atoms. The van der Waals surface area contributed by atoms with Gasteiger partial charge in [-0.25, -0.2) is 0 Å². The van der Waals surface area contributed by atoms with Crippen molar-refractivity contribution in [3.63, 3.8) is 0 Å². The maximum atomic E-state index is 9.45. The zero-order valence-corrected chi connectivity index (χ0v) is 13.3. The van der Waals surface area contributed by atoms with Crippen LogP contribution in [0.4, 0.5) is 0 Å². The first-order valence-corrected chi connectivity index (χ1v) is 7.46. The lowest BCUT2D eigenvalue weighted by Gasteiger charge is -2.35.